The SMILES string of the molecule is c1ccc(-c2ccc3c4c5c6ccccc6n(-c6ccccc6-c6ccc7c8ccccc8n(-c8ccccc8)c7c6)c5ccc4n(-c4ccccc4)c3c2)cc1. The largest absolute Gasteiger partial charge is 0.309 e. The van der Waals surface area contributed by atoms with Crippen molar-refractivity contribution in [3.05, 3.63) is 212 Å². The van der Waals surface area contributed by atoms with Crippen LogP contribution in [0, 0.1) is 0 Å². The molecular formula is C54H35N3. The lowest BCUT2D eigenvalue weighted by molar-refractivity contribution is 1.17. The van der Waals surface area contributed by atoms with Crippen molar-refractivity contribution in [1.82, 2.24) is 13.7 Å². The molecule has 0 aliphatic heterocycles. The van der Waals surface area contributed by atoms with Crippen LogP contribution in [0.1, 0.15) is 0 Å². The van der Waals surface area contributed by atoms with Crippen LogP contribution in [0.25, 0.3) is 105 Å². The second kappa shape index (κ2) is 12.5. The molecule has 3 heterocycles. The van der Waals surface area contributed by atoms with Crippen LogP contribution in [0.2, 0.25) is 0 Å². The van der Waals surface area contributed by atoms with Gasteiger partial charge in [0.25, 0.3) is 0 Å². The van der Waals surface area contributed by atoms with Crippen molar-refractivity contribution in [1.29, 1.82) is 0 Å². The summed E-state index contributed by atoms with van der Waals surface area (Å²) in [7, 11) is 0. The molecule has 3 aromatic heterocycles. The van der Waals surface area contributed by atoms with E-state index in [-0.39, 0.29) is 0 Å². The van der Waals surface area contributed by atoms with Crippen molar-refractivity contribution in [3.8, 4) is 39.3 Å². The zero-order valence-corrected chi connectivity index (χ0v) is 31.0. The fourth-order valence-corrected chi connectivity index (χ4v) is 9.40. The summed E-state index contributed by atoms with van der Waals surface area (Å²) < 4.78 is 7.33. The fourth-order valence-electron chi connectivity index (χ4n) is 9.40. The number of hydrogen-bond donors (Lipinski definition) is 0. The van der Waals surface area contributed by atoms with Crippen LogP contribution < -0.4 is 0 Å². The van der Waals surface area contributed by atoms with Gasteiger partial charge in [-0.2, -0.15) is 0 Å². The molecule has 0 aliphatic rings. The minimum atomic E-state index is 1.15. The van der Waals surface area contributed by atoms with Gasteiger partial charge in [-0.05, 0) is 83.4 Å². The Morgan fingerprint density at radius 2 is 0.702 bits per heavy atom. The Bertz CT molecular complexity index is 3500. The van der Waals surface area contributed by atoms with Gasteiger partial charge in [0.05, 0.1) is 38.8 Å². The molecule has 0 unspecified atom stereocenters. The van der Waals surface area contributed by atoms with E-state index in [1.807, 2.05) is 0 Å². The summed E-state index contributed by atoms with van der Waals surface area (Å²) in [6.45, 7) is 0. The molecule has 57 heavy (non-hydrogen) atoms. The van der Waals surface area contributed by atoms with E-state index in [0.717, 1.165) is 17.1 Å². The summed E-state index contributed by atoms with van der Waals surface area (Å²) in [4.78, 5) is 0. The first-order valence-electron chi connectivity index (χ1n) is 19.6. The van der Waals surface area contributed by atoms with Crippen LogP contribution in [0.5, 0.6) is 0 Å². The van der Waals surface area contributed by atoms with Crippen molar-refractivity contribution >= 4 is 65.4 Å². The van der Waals surface area contributed by atoms with E-state index in [2.05, 4.69) is 226 Å². The fraction of sp³-hybridized carbons (Fsp3) is 0. The predicted octanol–water partition coefficient (Wildman–Crippen LogP) is 14.3. The summed E-state index contributed by atoms with van der Waals surface area (Å²) in [6, 6.07) is 77.4. The number of para-hydroxylation sites is 5. The van der Waals surface area contributed by atoms with E-state index in [1.165, 1.54) is 87.7 Å². The predicted molar refractivity (Wildman–Crippen MR) is 240 cm³/mol. The van der Waals surface area contributed by atoms with Crippen LogP contribution >= 0.6 is 0 Å². The average Bonchev–Trinajstić information content (AvgIpc) is 3.92. The van der Waals surface area contributed by atoms with E-state index in [9.17, 15) is 0 Å². The highest BCUT2D eigenvalue weighted by atomic mass is 15.0. The van der Waals surface area contributed by atoms with E-state index < -0.39 is 0 Å². The van der Waals surface area contributed by atoms with Gasteiger partial charge in [0.2, 0.25) is 0 Å². The van der Waals surface area contributed by atoms with E-state index in [4.69, 9.17) is 0 Å². The number of aromatic nitrogens is 3. The Hall–Kier alpha value is -7.62. The third-order valence-corrected chi connectivity index (χ3v) is 11.8. The lowest BCUT2D eigenvalue weighted by Crippen LogP contribution is -1.98. The summed E-state index contributed by atoms with van der Waals surface area (Å²) in [6.07, 6.45) is 0. The van der Waals surface area contributed by atoms with Crippen molar-refractivity contribution in [2.75, 3.05) is 0 Å². The molecule has 0 atom stereocenters. The Morgan fingerprint density at radius 3 is 1.42 bits per heavy atom. The van der Waals surface area contributed by atoms with Gasteiger partial charge in [-0.25, -0.2) is 0 Å². The molecule has 12 aromatic rings. The maximum Gasteiger partial charge on any atom is 0.0549 e. The van der Waals surface area contributed by atoms with Gasteiger partial charge in [-0.1, -0.05) is 146 Å². The minimum Gasteiger partial charge on any atom is -0.309 e. The van der Waals surface area contributed by atoms with Crippen LogP contribution in [0.3, 0.4) is 0 Å². The number of hydrogen-bond acceptors (Lipinski definition) is 0. The molecule has 0 spiro atoms. The molecule has 0 aliphatic carbocycles. The lowest BCUT2D eigenvalue weighted by atomic mass is 10.0. The quantitative estimate of drug-likeness (QED) is 0.168. The van der Waals surface area contributed by atoms with Gasteiger partial charge >= 0.3 is 0 Å². The molecule has 0 saturated heterocycles. The van der Waals surface area contributed by atoms with E-state index in [0.29, 0.717) is 0 Å². The van der Waals surface area contributed by atoms with Gasteiger partial charge in [0, 0.05) is 49.3 Å². The Balaban J connectivity index is 1.14. The highest BCUT2D eigenvalue weighted by molar-refractivity contribution is 6.29. The number of benzene rings is 9. The Morgan fingerprint density at radius 1 is 0.246 bits per heavy atom. The molecular weight excluding hydrogens is 691 g/mol. The number of rotatable bonds is 5. The van der Waals surface area contributed by atoms with Crippen molar-refractivity contribution in [2.24, 2.45) is 0 Å². The second-order valence-corrected chi connectivity index (χ2v) is 14.9. The maximum atomic E-state index is 2.49. The van der Waals surface area contributed by atoms with E-state index >= 15 is 0 Å². The molecule has 0 saturated carbocycles. The molecule has 3 heteroatoms. The summed E-state index contributed by atoms with van der Waals surface area (Å²) in [5, 5.41) is 7.53. The summed E-state index contributed by atoms with van der Waals surface area (Å²) in [5.74, 6) is 0. The molecule has 266 valence electrons. The van der Waals surface area contributed by atoms with E-state index in [1.54, 1.807) is 0 Å². The molecule has 9 aromatic carbocycles. The van der Waals surface area contributed by atoms with Crippen molar-refractivity contribution < 1.29 is 0 Å². The van der Waals surface area contributed by atoms with Gasteiger partial charge < -0.3 is 13.7 Å². The summed E-state index contributed by atoms with van der Waals surface area (Å²) in [5.41, 5.74) is 15.4. The monoisotopic (exact) mass is 725 g/mol. The lowest BCUT2D eigenvalue weighted by Gasteiger charge is -2.15. The van der Waals surface area contributed by atoms with Crippen LogP contribution in [0.15, 0.2) is 212 Å². The third-order valence-electron chi connectivity index (χ3n) is 11.8. The minimum absolute atomic E-state index is 1.15. The first kappa shape index (κ1) is 31.7. The molecule has 3 nitrogen and oxygen atoms in total. The topological polar surface area (TPSA) is 14.8 Å². The van der Waals surface area contributed by atoms with Crippen LogP contribution in [-0.4, -0.2) is 13.7 Å². The normalized spacial score (nSPS) is 11.9. The first-order valence-corrected chi connectivity index (χ1v) is 19.6. The first-order chi connectivity index (χ1) is 28.3. The highest BCUT2D eigenvalue weighted by Crippen LogP contribution is 2.45. The van der Waals surface area contributed by atoms with Gasteiger partial charge in [-0.15, -0.1) is 0 Å². The van der Waals surface area contributed by atoms with Gasteiger partial charge in [-0.3, -0.25) is 0 Å². The number of fused-ring (bicyclic) bond motifs is 10. The standard InChI is InChI=1S/C54H35N3/c1-4-16-36(17-5-1)37-28-31-45-52(34-37)56(40-20-8-3-9-21-40)49-32-33-50-53(54(45)49)44-24-12-15-27-48(44)57(50)46-25-13-10-22-41(46)38-29-30-43-42-23-11-14-26-47(42)55(51(43)35-38)39-18-6-2-7-19-39/h1-35H. The smallest absolute Gasteiger partial charge is 0.0549 e. The zero-order valence-electron chi connectivity index (χ0n) is 31.0. The van der Waals surface area contributed by atoms with Gasteiger partial charge in [0.1, 0.15) is 0 Å². The zero-order chi connectivity index (χ0) is 37.5. The highest BCUT2D eigenvalue weighted by Gasteiger charge is 2.22. The molecule has 0 amide bonds. The Kier molecular flexibility index (Phi) is 6.93. The van der Waals surface area contributed by atoms with Crippen molar-refractivity contribution in [2.45, 2.75) is 0 Å². The molecule has 0 fully saturated rings. The molecule has 12 rings (SSSR count). The van der Waals surface area contributed by atoms with Crippen LogP contribution in [-0.2, 0) is 0 Å². The molecule has 0 N–H and O–H groups in total. The third kappa shape index (κ3) is 4.73. The molecule has 0 radical (unpaired) electrons. The maximum absolute atomic E-state index is 2.49. The Labute approximate surface area is 329 Å². The summed E-state index contributed by atoms with van der Waals surface area (Å²) >= 11 is 0. The molecule has 0 bridgehead atoms. The second-order valence-electron chi connectivity index (χ2n) is 14.9. The average molecular weight is 726 g/mol. The number of nitrogens with zero attached hydrogens (tertiary/aromatic N) is 3. The van der Waals surface area contributed by atoms with Gasteiger partial charge in [0.15, 0.2) is 0 Å². The van der Waals surface area contributed by atoms with Crippen molar-refractivity contribution in [3.63, 3.8) is 0 Å². The van der Waals surface area contributed by atoms with Crippen LogP contribution in [0.4, 0.5) is 0 Å².